The molecule has 0 saturated carbocycles. The Bertz CT molecular complexity index is 599. The smallest absolute Gasteiger partial charge is 0.255 e. The maximum Gasteiger partial charge on any atom is 0.255 e. The van der Waals surface area contributed by atoms with Crippen LogP contribution in [0.1, 0.15) is 17.3 Å². The standard InChI is InChI=1S/C13H21N3O4S/c1-4-20-12-10(6-5-7-11(12)14)13(17)15-8-9-21(18,19)16(2)3/h5-7H,4,8-9,14H2,1-3H3,(H,15,17). The van der Waals surface area contributed by atoms with Crippen molar-refractivity contribution in [3.05, 3.63) is 23.8 Å². The van der Waals surface area contributed by atoms with Gasteiger partial charge in [0.2, 0.25) is 10.0 Å². The van der Waals surface area contributed by atoms with E-state index < -0.39 is 15.9 Å². The Hall–Kier alpha value is -1.80. The highest BCUT2D eigenvalue weighted by molar-refractivity contribution is 7.89. The van der Waals surface area contributed by atoms with Crippen LogP contribution in [0.15, 0.2) is 18.2 Å². The first-order valence-corrected chi connectivity index (χ1v) is 8.10. The number of benzene rings is 1. The van der Waals surface area contributed by atoms with Crippen LogP contribution in [-0.2, 0) is 10.0 Å². The highest BCUT2D eigenvalue weighted by Gasteiger charge is 2.17. The van der Waals surface area contributed by atoms with Crippen molar-refractivity contribution in [1.82, 2.24) is 9.62 Å². The van der Waals surface area contributed by atoms with Crippen LogP contribution in [0, 0.1) is 0 Å². The zero-order valence-corrected chi connectivity index (χ0v) is 13.2. The maximum atomic E-state index is 12.1. The third kappa shape index (κ3) is 4.61. The van der Waals surface area contributed by atoms with Crippen LogP contribution < -0.4 is 15.8 Å². The van der Waals surface area contributed by atoms with E-state index in [9.17, 15) is 13.2 Å². The molecule has 1 aromatic rings. The molecule has 3 N–H and O–H groups in total. The second-order valence-corrected chi connectivity index (χ2v) is 6.81. The summed E-state index contributed by atoms with van der Waals surface area (Å²) >= 11 is 0. The van der Waals surface area contributed by atoms with E-state index in [2.05, 4.69) is 5.32 Å². The average molecular weight is 315 g/mol. The minimum absolute atomic E-state index is 0.0136. The fraction of sp³-hybridized carbons (Fsp3) is 0.462. The Morgan fingerprint density at radius 2 is 2.05 bits per heavy atom. The molecule has 0 heterocycles. The Morgan fingerprint density at radius 3 is 2.62 bits per heavy atom. The number of anilines is 1. The molecule has 0 spiro atoms. The van der Waals surface area contributed by atoms with Crippen LogP contribution in [0.25, 0.3) is 0 Å². The second kappa shape index (κ2) is 7.28. The average Bonchev–Trinajstić information content (AvgIpc) is 2.40. The van der Waals surface area contributed by atoms with E-state index >= 15 is 0 Å². The van der Waals surface area contributed by atoms with Gasteiger partial charge < -0.3 is 15.8 Å². The molecule has 118 valence electrons. The number of nitrogen functional groups attached to an aromatic ring is 1. The minimum atomic E-state index is -3.34. The van der Waals surface area contributed by atoms with Crippen molar-refractivity contribution >= 4 is 21.6 Å². The fourth-order valence-electron chi connectivity index (χ4n) is 1.61. The SMILES string of the molecule is CCOc1c(N)cccc1C(=O)NCCS(=O)(=O)N(C)C. The van der Waals surface area contributed by atoms with Crippen molar-refractivity contribution in [2.75, 3.05) is 38.7 Å². The fourth-order valence-corrected chi connectivity index (χ4v) is 2.34. The number of carbonyl (C=O) groups is 1. The number of sulfonamides is 1. The van der Waals surface area contributed by atoms with Crippen LogP contribution >= 0.6 is 0 Å². The summed E-state index contributed by atoms with van der Waals surface area (Å²) in [7, 11) is -0.449. The van der Waals surface area contributed by atoms with Gasteiger partial charge in [-0.1, -0.05) is 6.07 Å². The van der Waals surface area contributed by atoms with Crippen molar-refractivity contribution in [1.29, 1.82) is 0 Å². The van der Waals surface area contributed by atoms with Crippen LogP contribution in [0.2, 0.25) is 0 Å². The molecule has 0 saturated heterocycles. The molecule has 0 radical (unpaired) electrons. The second-order valence-electron chi connectivity index (χ2n) is 4.51. The Kier molecular flexibility index (Phi) is 5.98. The first-order chi connectivity index (χ1) is 9.79. The number of nitrogens with zero attached hydrogens (tertiary/aromatic N) is 1. The van der Waals surface area contributed by atoms with Crippen molar-refractivity contribution in [3.63, 3.8) is 0 Å². The molecule has 0 aliphatic heterocycles. The molecule has 0 fully saturated rings. The van der Waals surface area contributed by atoms with Gasteiger partial charge in [0.05, 0.1) is 23.6 Å². The molecule has 7 nitrogen and oxygen atoms in total. The molecule has 0 aromatic heterocycles. The Labute approximate surface area is 125 Å². The molecule has 1 amide bonds. The van der Waals surface area contributed by atoms with E-state index in [0.29, 0.717) is 23.6 Å². The monoisotopic (exact) mass is 315 g/mol. The molecule has 0 aliphatic rings. The van der Waals surface area contributed by atoms with E-state index in [0.717, 1.165) is 4.31 Å². The van der Waals surface area contributed by atoms with Gasteiger partial charge in [-0.05, 0) is 19.1 Å². The van der Waals surface area contributed by atoms with E-state index in [1.165, 1.54) is 14.1 Å². The minimum Gasteiger partial charge on any atom is -0.491 e. The summed E-state index contributed by atoms with van der Waals surface area (Å²) in [5.41, 5.74) is 6.43. The van der Waals surface area contributed by atoms with Gasteiger partial charge in [-0.25, -0.2) is 12.7 Å². The van der Waals surface area contributed by atoms with E-state index in [-0.39, 0.29) is 12.3 Å². The summed E-state index contributed by atoms with van der Waals surface area (Å²) in [5.74, 6) is -0.273. The van der Waals surface area contributed by atoms with Gasteiger partial charge in [0.15, 0.2) is 5.75 Å². The van der Waals surface area contributed by atoms with Crippen LogP contribution in [-0.4, -0.2) is 51.6 Å². The van der Waals surface area contributed by atoms with Gasteiger partial charge in [0.25, 0.3) is 5.91 Å². The van der Waals surface area contributed by atoms with Crippen LogP contribution in [0.3, 0.4) is 0 Å². The maximum absolute atomic E-state index is 12.1. The summed E-state index contributed by atoms with van der Waals surface area (Å²) in [4.78, 5) is 12.1. The lowest BCUT2D eigenvalue weighted by atomic mass is 10.1. The zero-order chi connectivity index (χ0) is 16.0. The van der Waals surface area contributed by atoms with E-state index in [1.54, 1.807) is 25.1 Å². The van der Waals surface area contributed by atoms with E-state index in [1.807, 2.05) is 0 Å². The van der Waals surface area contributed by atoms with Gasteiger partial charge in [0.1, 0.15) is 0 Å². The molecule has 21 heavy (non-hydrogen) atoms. The molecular formula is C13H21N3O4S. The van der Waals surface area contributed by atoms with Gasteiger partial charge >= 0.3 is 0 Å². The lowest BCUT2D eigenvalue weighted by Gasteiger charge is -2.14. The molecule has 0 atom stereocenters. The van der Waals surface area contributed by atoms with Gasteiger partial charge in [-0.15, -0.1) is 0 Å². The highest BCUT2D eigenvalue weighted by atomic mass is 32.2. The van der Waals surface area contributed by atoms with Crippen molar-refractivity contribution in [2.24, 2.45) is 0 Å². The summed E-state index contributed by atoms with van der Waals surface area (Å²) in [6.45, 7) is 2.18. The van der Waals surface area contributed by atoms with Gasteiger partial charge in [0, 0.05) is 20.6 Å². The topological polar surface area (TPSA) is 102 Å². The zero-order valence-electron chi connectivity index (χ0n) is 12.4. The Morgan fingerprint density at radius 1 is 1.38 bits per heavy atom. The quantitative estimate of drug-likeness (QED) is 0.704. The molecule has 1 aromatic carbocycles. The number of ether oxygens (including phenoxy) is 1. The number of carbonyl (C=O) groups excluding carboxylic acids is 1. The van der Waals surface area contributed by atoms with E-state index in [4.69, 9.17) is 10.5 Å². The Balaban J connectivity index is 2.75. The van der Waals surface area contributed by atoms with Gasteiger partial charge in [-0.2, -0.15) is 0 Å². The number of nitrogens with one attached hydrogen (secondary N) is 1. The highest BCUT2D eigenvalue weighted by Crippen LogP contribution is 2.26. The summed E-state index contributed by atoms with van der Waals surface area (Å²) in [6, 6.07) is 4.86. The molecule has 0 aliphatic carbocycles. The predicted molar refractivity (Wildman–Crippen MR) is 81.8 cm³/mol. The third-order valence-electron chi connectivity index (χ3n) is 2.78. The molecule has 0 unspecified atom stereocenters. The summed E-state index contributed by atoms with van der Waals surface area (Å²) < 4.78 is 29.7. The first-order valence-electron chi connectivity index (χ1n) is 6.49. The molecule has 1 rings (SSSR count). The first kappa shape index (κ1) is 17.3. The third-order valence-corrected chi connectivity index (χ3v) is 4.61. The number of hydrogen-bond donors (Lipinski definition) is 2. The predicted octanol–water partition coefficient (Wildman–Crippen LogP) is 0.289. The lowest BCUT2D eigenvalue weighted by Crippen LogP contribution is -2.34. The van der Waals surface area contributed by atoms with Crippen molar-refractivity contribution in [3.8, 4) is 5.75 Å². The largest absolute Gasteiger partial charge is 0.491 e. The van der Waals surface area contributed by atoms with Crippen LogP contribution in [0.5, 0.6) is 5.75 Å². The summed E-state index contributed by atoms with van der Waals surface area (Å²) in [5, 5.41) is 2.56. The van der Waals surface area contributed by atoms with Crippen molar-refractivity contribution < 1.29 is 17.9 Å². The number of rotatable bonds is 7. The molecular weight excluding hydrogens is 294 g/mol. The molecule has 8 heteroatoms. The van der Waals surface area contributed by atoms with Gasteiger partial charge in [-0.3, -0.25) is 4.79 Å². The number of hydrogen-bond acceptors (Lipinski definition) is 5. The number of para-hydroxylation sites is 1. The molecule has 0 bridgehead atoms. The number of amides is 1. The lowest BCUT2D eigenvalue weighted by molar-refractivity contribution is 0.0952. The number of nitrogens with two attached hydrogens (primary N) is 1. The van der Waals surface area contributed by atoms with Crippen LogP contribution in [0.4, 0.5) is 5.69 Å². The summed E-state index contributed by atoms with van der Waals surface area (Å²) in [6.07, 6.45) is 0. The van der Waals surface area contributed by atoms with Crippen molar-refractivity contribution in [2.45, 2.75) is 6.92 Å². The normalized spacial score (nSPS) is 11.4.